The van der Waals surface area contributed by atoms with Crippen molar-refractivity contribution in [1.29, 1.82) is 0 Å². The molecule has 4 nitrogen and oxygen atoms in total. The zero-order chi connectivity index (χ0) is 15.4. The fourth-order valence-electron chi connectivity index (χ4n) is 1.37. The number of benzene rings is 1. The average Bonchev–Trinajstić information content (AvgIpc) is 2.41. The summed E-state index contributed by atoms with van der Waals surface area (Å²) in [5.41, 5.74) is 4.97. The molecule has 0 spiro atoms. The fourth-order valence-corrected chi connectivity index (χ4v) is 1.37. The standard InChI is InChI=1S/C11H11F5N2O2/c1-2-18-4(11(17)19)3-20-10-8(15)6(13)5(12)7(14)9(10)16/h4,18H,2-3H2,1H3,(H2,17,19). The van der Waals surface area contributed by atoms with E-state index in [9.17, 15) is 26.7 Å². The van der Waals surface area contributed by atoms with E-state index in [1.165, 1.54) is 0 Å². The Kier molecular flexibility index (Phi) is 5.26. The second-order valence-corrected chi connectivity index (χ2v) is 3.72. The average molecular weight is 298 g/mol. The molecule has 0 radical (unpaired) electrons. The summed E-state index contributed by atoms with van der Waals surface area (Å²) in [6.45, 7) is 1.23. The van der Waals surface area contributed by atoms with Gasteiger partial charge >= 0.3 is 0 Å². The topological polar surface area (TPSA) is 64.3 Å². The Hall–Kier alpha value is -1.90. The first kappa shape index (κ1) is 16.2. The van der Waals surface area contributed by atoms with Crippen LogP contribution < -0.4 is 15.8 Å². The van der Waals surface area contributed by atoms with E-state index in [4.69, 9.17) is 5.73 Å². The van der Waals surface area contributed by atoms with Gasteiger partial charge in [0.15, 0.2) is 5.75 Å². The van der Waals surface area contributed by atoms with E-state index < -0.39 is 53.4 Å². The van der Waals surface area contributed by atoms with Gasteiger partial charge in [0.05, 0.1) is 0 Å². The second kappa shape index (κ2) is 6.51. The van der Waals surface area contributed by atoms with Gasteiger partial charge in [0.1, 0.15) is 12.6 Å². The number of halogens is 5. The molecular weight excluding hydrogens is 287 g/mol. The van der Waals surface area contributed by atoms with Crippen molar-refractivity contribution in [3.8, 4) is 5.75 Å². The molecule has 1 rings (SSSR count). The molecule has 1 aromatic rings. The summed E-state index contributed by atoms with van der Waals surface area (Å²) >= 11 is 0. The number of ether oxygens (including phenoxy) is 1. The zero-order valence-corrected chi connectivity index (χ0v) is 10.3. The molecule has 0 saturated carbocycles. The van der Waals surface area contributed by atoms with E-state index >= 15 is 0 Å². The van der Waals surface area contributed by atoms with Gasteiger partial charge in [-0.2, -0.15) is 8.78 Å². The maximum atomic E-state index is 13.3. The van der Waals surface area contributed by atoms with Crippen LogP contribution in [0.15, 0.2) is 0 Å². The van der Waals surface area contributed by atoms with Gasteiger partial charge in [-0.25, -0.2) is 13.2 Å². The van der Waals surface area contributed by atoms with Crippen molar-refractivity contribution in [1.82, 2.24) is 5.32 Å². The summed E-state index contributed by atoms with van der Waals surface area (Å²) in [5, 5.41) is 2.53. The molecule has 1 unspecified atom stereocenters. The van der Waals surface area contributed by atoms with Crippen LogP contribution in [0.4, 0.5) is 22.0 Å². The monoisotopic (exact) mass is 298 g/mol. The molecule has 1 amide bonds. The van der Waals surface area contributed by atoms with E-state index in [0.29, 0.717) is 0 Å². The predicted molar refractivity (Wildman–Crippen MR) is 58.4 cm³/mol. The number of likely N-dealkylation sites (N-methyl/N-ethyl adjacent to an activating group) is 1. The lowest BCUT2D eigenvalue weighted by Gasteiger charge is -2.16. The molecule has 0 aliphatic carbocycles. The zero-order valence-electron chi connectivity index (χ0n) is 10.3. The lowest BCUT2D eigenvalue weighted by atomic mass is 10.2. The van der Waals surface area contributed by atoms with Crippen LogP contribution in [0.3, 0.4) is 0 Å². The van der Waals surface area contributed by atoms with E-state index in [1.54, 1.807) is 6.92 Å². The van der Waals surface area contributed by atoms with E-state index in [0.717, 1.165) is 0 Å². The van der Waals surface area contributed by atoms with Gasteiger partial charge in [0.25, 0.3) is 0 Å². The van der Waals surface area contributed by atoms with Gasteiger partial charge in [-0.05, 0) is 6.54 Å². The number of nitrogens with two attached hydrogens (primary N) is 1. The molecule has 0 aliphatic heterocycles. The largest absolute Gasteiger partial charge is 0.485 e. The Balaban J connectivity index is 3.01. The fraction of sp³-hybridized carbons (Fsp3) is 0.364. The number of rotatable bonds is 6. The van der Waals surface area contributed by atoms with Crippen LogP contribution in [-0.2, 0) is 4.79 Å². The first-order chi connectivity index (χ1) is 9.31. The predicted octanol–water partition coefficient (Wildman–Crippen LogP) is 1.22. The molecule has 0 bridgehead atoms. The second-order valence-electron chi connectivity index (χ2n) is 3.72. The van der Waals surface area contributed by atoms with Crippen molar-refractivity contribution in [2.45, 2.75) is 13.0 Å². The molecule has 1 aromatic carbocycles. The van der Waals surface area contributed by atoms with Gasteiger partial charge in [-0.3, -0.25) is 4.79 Å². The van der Waals surface area contributed by atoms with Crippen molar-refractivity contribution in [3.05, 3.63) is 29.1 Å². The summed E-state index contributed by atoms with van der Waals surface area (Å²) in [4.78, 5) is 11.0. The summed E-state index contributed by atoms with van der Waals surface area (Å²) in [5.74, 6) is -13.1. The third-order valence-electron chi connectivity index (χ3n) is 2.36. The Bertz CT molecular complexity index is 495. The number of hydrogen-bond acceptors (Lipinski definition) is 3. The van der Waals surface area contributed by atoms with Crippen LogP contribution in [-0.4, -0.2) is 25.1 Å². The van der Waals surface area contributed by atoms with Crippen molar-refractivity contribution in [2.24, 2.45) is 5.73 Å². The lowest BCUT2D eigenvalue weighted by molar-refractivity contribution is -0.120. The van der Waals surface area contributed by atoms with Crippen LogP contribution in [0.1, 0.15) is 6.92 Å². The van der Waals surface area contributed by atoms with Crippen LogP contribution in [0.5, 0.6) is 5.75 Å². The van der Waals surface area contributed by atoms with E-state index in [2.05, 4.69) is 10.1 Å². The number of hydrogen-bond donors (Lipinski definition) is 2. The van der Waals surface area contributed by atoms with Crippen molar-refractivity contribution in [3.63, 3.8) is 0 Å². The summed E-state index contributed by atoms with van der Waals surface area (Å²) in [6, 6.07) is -1.13. The molecule has 0 aromatic heterocycles. The number of primary amides is 1. The number of carbonyl (C=O) groups is 1. The van der Waals surface area contributed by atoms with E-state index in [1.807, 2.05) is 0 Å². The minimum Gasteiger partial charge on any atom is -0.485 e. The molecule has 1 atom stereocenters. The molecule has 0 saturated heterocycles. The lowest BCUT2D eigenvalue weighted by Crippen LogP contribution is -2.45. The molecule has 9 heteroatoms. The number of nitrogens with one attached hydrogen (secondary N) is 1. The van der Waals surface area contributed by atoms with E-state index in [-0.39, 0.29) is 6.54 Å². The summed E-state index contributed by atoms with van der Waals surface area (Å²) in [7, 11) is 0. The highest BCUT2D eigenvalue weighted by molar-refractivity contribution is 5.80. The Labute approximate surface area is 110 Å². The normalized spacial score (nSPS) is 12.3. The van der Waals surface area contributed by atoms with Crippen LogP contribution in [0.25, 0.3) is 0 Å². The summed E-state index contributed by atoms with van der Waals surface area (Å²) < 4.78 is 69.6. The van der Waals surface area contributed by atoms with Gasteiger partial charge in [-0.1, -0.05) is 6.92 Å². The first-order valence-electron chi connectivity index (χ1n) is 5.48. The van der Waals surface area contributed by atoms with Gasteiger partial charge < -0.3 is 15.8 Å². The highest BCUT2D eigenvalue weighted by Crippen LogP contribution is 2.29. The van der Waals surface area contributed by atoms with Crippen LogP contribution in [0, 0.1) is 29.1 Å². The molecule has 0 fully saturated rings. The minimum absolute atomic E-state index is 0.286. The van der Waals surface area contributed by atoms with Gasteiger partial charge in [0.2, 0.25) is 35.0 Å². The Morgan fingerprint density at radius 2 is 1.55 bits per heavy atom. The smallest absolute Gasteiger partial charge is 0.238 e. The first-order valence-corrected chi connectivity index (χ1v) is 5.48. The minimum atomic E-state index is -2.29. The third-order valence-corrected chi connectivity index (χ3v) is 2.36. The Morgan fingerprint density at radius 1 is 1.10 bits per heavy atom. The molecule has 3 N–H and O–H groups in total. The third kappa shape index (κ3) is 3.16. The maximum Gasteiger partial charge on any atom is 0.238 e. The molecule has 0 aliphatic rings. The van der Waals surface area contributed by atoms with Crippen molar-refractivity contribution < 1.29 is 31.5 Å². The molecule has 0 heterocycles. The molecular formula is C11H11F5N2O2. The SMILES string of the molecule is CCNC(COc1c(F)c(F)c(F)c(F)c1F)C(N)=O. The van der Waals surface area contributed by atoms with Crippen molar-refractivity contribution in [2.75, 3.05) is 13.2 Å². The Morgan fingerprint density at radius 3 is 1.95 bits per heavy atom. The number of carbonyl (C=O) groups excluding carboxylic acids is 1. The highest BCUT2D eigenvalue weighted by Gasteiger charge is 2.28. The quantitative estimate of drug-likeness (QED) is 0.471. The highest BCUT2D eigenvalue weighted by atomic mass is 19.2. The van der Waals surface area contributed by atoms with Crippen LogP contribution >= 0.6 is 0 Å². The number of amides is 1. The van der Waals surface area contributed by atoms with Crippen LogP contribution in [0.2, 0.25) is 0 Å². The van der Waals surface area contributed by atoms with Crippen molar-refractivity contribution >= 4 is 5.91 Å². The maximum absolute atomic E-state index is 13.3. The molecule has 112 valence electrons. The summed E-state index contributed by atoms with van der Waals surface area (Å²) in [6.07, 6.45) is 0. The van der Waals surface area contributed by atoms with Gasteiger partial charge in [0, 0.05) is 0 Å². The van der Waals surface area contributed by atoms with Gasteiger partial charge in [-0.15, -0.1) is 0 Å². The molecule has 20 heavy (non-hydrogen) atoms.